The number of aromatic amines is 2. The third kappa shape index (κ3) is 14.7. The topological polar surface area (TPSA) is 183 Å². The molecule has 14 heteroatoms. The van der Waals surface area contributed by atoms with Crippen molar-refractivity contribution in [3.63, 3.8) is 0 Å². The van der Waals surface area contributed by atoms with Gasteiger partial charge in [0.05, 0.1) is 50.6 Å². The third-order valence-electron chi connectivity index (χ3n) is 8.26. The number of likely N-dealkylation sites (N-methyl/N-ethyl adjacent to an activating group) is 2. The summed E-state index contributed by atoms with van der Waals surface area (Å²) in [6, 6.07) is 15.3. The summed E-state index contributed by atoms with van der Waals surface area (Å²) in [5.74, 6) is 8.00. The molecule has 0 radical (unpaired) electrons. The number of carbonyl (C=O) groups is 4. The highest BCUT2D eigenvalue weighted by Gasteiger charge is 2.37. The van der Waals surface area contributed by atoms with Crippen LogP contribution in [0.15, 0.2) is 60.9 Å². The van der Waals surface area contributed by atoms with E-state index in [0.29, 0.717) is 19.6 Å². The molecule has 0 bridgehead atoms. The fourth-order valence-corrected chi connectivity index (χ4v) is 5.39. The molecule has 1 aliphatic rings. The van der Waals surface area contributed by atoms with Crippen LogP contribution in [0.3, 0.4) is 0 Å². The number of likely N-dealkylation sites (tertiary alicyclic amines) is 1. The van der Waals surface area contributed by atoms with Gasteiger partial charge in [-0.2, -0.15) is 0 Å². The molecule has 2 atom stereocenters. The number of aromatic nitrogens is 4. The summed E-state index contributed by atoms with van der Waals surface area (Å²) in [5.41, 5.74) is 5.79. The molecule has 3 amide bonds. The molecule has 1 fully saturated rings. The first-order chi connectivity index (χ1) is 27.0. The molecule has 2 aromatic heterocycles. The lowest BCUT2D eigenvalue weighted by molar-refractivity contribution is -0.135. The number of hydrogen-bond acceptors (Lipinski definition) is 9. The quantitative estimate of drug-likeness (QED) is 0.101. The number of nitrogens with zero attached hydrogens (tertiary/aromatic N) is 3. The van der Waals surface area contributed by atoms with Gasteiger partial charge >= 0.3 is 6.09 Å². The van der Waals surface area contributed by atoms with Gasteiger partial charge in [-0.3, -0.25) is 14.4 Å². The van der Waals surface area contributed by atoms with Crippen molar-refractivity contribution < 1.29 is 28.7 Å². The first-order valence-corrected chi connectivity index (χ1v) is 18.8. The Morgan fingerprint density at radius 1 is 0.911 bits per heavy atom. The van der Waals surface area contributed by atoms with E-state index >= 15 is 0 Å². The van der Waals surface area contributed by atoms with Crippen LogP contribution in [0.4, 0.5) is 4.79 Å². The van der Waals surface area contributed by atoms with E-state index in [9.17, 15) is 14.4 Å². The van der Waals surface area contributed by atoms with Gasteiger partial charge in [0.2, 0.25) is 11.8 Å². The number of ether oxygens (including phenoxy) is 2. The second-order valence-electron chi connectivity index (χ2n) is 13.0. The van der Waals surface area contributed by atoms with Crippen molar-refractivity contribution in [3.05, 3.63) is 83.7 Å². The van der Waals surface area contributed by atoms with E-state index < -0.39 is 12.1 Å². The fraction of sp³-hybridized carbons (Fsp3) is 0.429. The van der Waals surface area contributed by atoms with E-state index in [1.807, 2.05) is 73.5 Å². The summed E-state index contributed by atoms with van der Waals surface area (Å²) < 4.78 is 8.59. The molecule has 5 rings (SSSR count). The van der Waals surface area contributed by atoms with Crippen LogP contribution in [0, 0.1) is 17.8 Å². The third-order valence-corrected chi connectivity index (χ3v) is 8.26. The van der Waals surface area contributed by atoms with Crippen molar-refractivity contribution in [1.82, 2.24) is 40.8 Å². The summed E-state index contributed by atoms with van der Waals surface area (Å²) in [6.45, 7) is 11.5. The average molecular weight is 771 g/mol. The van der Waals surface area contributed by atoms with Crippen molar-refractivity contribution in [2.45, 2.75) is 72.4 Å². The summed E-state index contributed by atoms with van der Waals surface area (Å²) >= 11 is 0. The van der Waals surface area contributed by atoms with Crippen LogP contribution in [0.2, 0.25) is 0 Å². The second kappa shape index (κ2) is 25.2. The molecule has 0 saturated carbocycles. The Bertz CT molecular complexity index is 1840. The monoisotopic (exact) mass is 770 g/mol. The first kappa shape index (κ1) is 46.2. The second-order valence-corrected chi connectivity index (χ2v) is 13.0. The molecular formula is C42H58N8O6. The zero-order valence-corrected chi connectivity index (χ0v) is 34.1. The fourth-order valence-electron chi connectivity index (χ4n) is 5.39. The van der Waals surface area contributed by atoms with Gasteiger partial charge in [-0.05, 0) is 61.2 Å². The number of amides is 3. The molecular weight excluding hydrogens is 713 g/mol. The van der Waals surface area contributed by atoms with Crippen LogP contribution in [0.1, 0.15) is 82.7 Å². The van der Waals surface area contributed by atoms with Gasteiger partial charge in [0.1, 0.15) is 17.7 Å². The minimum Gasteiger partial charge on any atom is -0.471 e. The summed E-state index contributed by atoms with van der Waals surface area (Å²) in [5, 5.41) is 7.86. The Morgan fingerprint density at radius 2 is 1.45 bits per heavy atom. The number of hydrogen-bond donors (Lipinski definition) is 5. The minimum atomic E-state index is -0.663. The van der Waals surface area contributed by atoms with E-state index in [2.05, 4.69) is 73.2 Å². The highest BCUT2D eigenvalue weighted by atomic mass is 16.5. The van der Waals surface area contributed by atoms with Gasteiger partial charge < -0.3 is 40.3 Å². The van der Waals surface area contributed by atoms with E-state index in [1.165, 1.54) is 20.6 Å². The lowest BCUT2D eigenvalue weighted by Gasteiger charge is -2.30. The summed E-state index contributed by atoms with van der Waals surface area (Å²) in [6.07, 6.45) is 6.85. The van der Waals surface area contributed by atoms with Crippen LogP contribution in [-0.2, 0) is 30.3 Å². The normalized spacial score (nSPS) is 13.2. The number of nitrogens with one attached hydrogen (secondary N) is 5. The van der Waals surface area contributed by atoms with E-state index in [4.69, 9.17) is 9.53 Å². The minimum absolute atomic E-state index is 0.0162. The Morgan fingerprint density at radius 3 is 1.88 bits per heavy atom. The summed E-state index contributed by atoms with van der Waals surface area (Å²) in [4.78, 5) is 62.0. The van der Waals surface area contributed by atoms with E-state index in [0.717, 1.165) is 64.6 Å². The van der Waals surface area contributed by atoms with Crippen LogP contribution >= 0.6 is 0 Å². The molecule has 1 saturated heterocycles. The van der Waals surface area contributed by atoms with Gasteiger partial charge in [0.25, 0.3) is 6.47 Å². The number of benzene rings is 2. The SMILES string of the molecule is CCC.CCc1ncc(-c2ccc(C#Cc3ccc(-c4cnc(C5CCCN5C(=O)C(NC(=O)OC)C(C)C)[nH]4)cc3)cc2)[nH]1.CNCC(=O)NC.COC=O. The maximum atomic E-state index is 13.4. The van der Waals surface area contributed by atoms with E-state index in [-0.39, 0.29) is 23.8 Å². The van der Waals surface area contributed by atoms with Crippen molar-refractivity contribution >= 4 is 24.4 Å². The van der Waals surface area contributed by atoms with Crippen LogP contribution in [0.5, 0.6) is 0 Å². The molecule has 3 heterocycles. The zero-order chi connectivity index (χ0) is 41.5. The predicted molar refractivity (Wildman–Crippen MR) is 218 cm³/mol. The largest absolute Gasteiger partial charge is 0.471 e. The molecule has 0 spiro atoms. The van der Waals surface area contributed by atoms with Gasteiger partial charge in [0, 0.05) is 31.1 Å². The smallest absolute Gasteiger partial charge is 0.407 e. The maximum Gasteiger partial charge on any atom is 0.407 e. The van der Waals surface area contributed by atoms with Crippen LogP contribution in [0.25, 0.3) is 22.5 Å². The predicted octanol–water partition coefficient (Wildman–Crippen LogP) is 5.63. The number of aryl methyl sites for hydroxylation is 1. The molecule has 14 nitrogen and oxygen atoms in total. The highest BCUT2D eigenvalue weighted by Crippen LogP contribution is 2.32. The first-order valence-electron chi connectivity index (χ1n) is 18.8. The molecule has 0 aliphatic carbocycles. The number of rotatable bonds is 10. The molecule has 4 aromatic rings. The Balaban J connectivity index is 0.000000666. The standard InChI is InChI=1S/C33H36N6O3.C4H10N2O.C3H8.C2H4O2/c1-5-29-34-19-26(36-29)24-14-10-22(11-15-24)8-9-23-12-16-25(17-13-23)27-20-35-31(37-27)28-7-6-18-39(28)32(40)30(21(2)3)38-33(41)42-4;1-5-3-4(7)6-2;1-3-2;1-4-2-3/h10-17,19-21,28,30H,5-7,18H2,1-4H3,(H,34,36)(H,35,37)(H,38,41);5H,3H2,1-2H3,(H,6,7);3H2,1-2H3;2H,1H3. The molecule has 2 aromatic carbocycles. The Labute approximate surface area is 331 Å². The molecule has 5 N–H and O–H groups in total. The molecule has 56 heavy (non-hydrogen) atoms. The van der Waals surface area contributed by atoms with Crippen LogP contribution < -0.4 is 16.0 Å². The number of alkyl carbamates (subject to hydrolysis) is 1. The molecule has 1 aliphatic heterocycles. The van der Waals surface area contributed by atoms with Gasteiger partial charge in [-0.1, -0.05) is 77.1 Å². The average Bonchev–Trinajstić information content (AvgIpc) is 4.02. The lowest BCUT2D eigenvalue weighted by atomic mass is 10.0. The number of imidazole rings is 2. The Hall–Kier alpha value is -5.94. The van der Waals surface area contributed by atoms with Crippen molar-refractivity contribution in [2.75, 3.05) is 41.4 Å². The van der Waals surface area contributed by atoms with Crippen molar-refractivity contribution in [3.8, 4) is 34.4 Å². The molecule has 2 unspecified atom stereocenters. The van der Waals surface area contributed by atoms with Crippen molar-refractivity contribution in [1.29, 1.82) is 0 Å². The van der Waals surface area contributed by atoms with Crippen LogP contribution in [-0.4, -0.2) is 96.7 Å². The summed E-state index contributed by atoms with van der Waals surface area (Å²) in [7, 11) is 5.95. The van der Waals surface area contributed by atoms with Gasteiger partial charge in [0.15, 0.2) is 0 Å². The highest BCUT2D eigenvalue weighted by molar-refractivity contribution is 5.86. The van der Waals surface area contributed by atoms with Crippen molar-refractivity contribution in [2.24, 2.45) is 5.92 Å². The lowest BCUT2D eigenvalue weighted by Crippen LogP contribution is -2.51. The maximum absolute atomic E-state index is 13.4. The number of carbonyl (C=O) groups excluding carboxylic acids is 4. The Kier molecular flexibility index (Phi) is 20.8. The zero-order valence-electron chi connectivity index (χ0n) is 34.1. The van der Waals surface area contributed by atoms with Gasteiger partial charge in [-0.25, -0.2) is 14.8 Å². The number of H-pyrrole nitrogens is 2. The number of methoxy groups -OCH3 is 2. The van der Waals surface area contributed by atoms with E-state index in [1.54, 1.807) is 20.3 Å². The molecule has 302 valence electrons. The van der Waals surface area contributed by atoms with Gasteiger partial charge in [-0.15, -0.1) is 0 Å².